The minimum atomic E-state index is -2.26. The summed E-state index contributed by atoms with van der Waals surface area (Å²) < 4.78 is 50.2. The van der Waals surface area contributed by atoms with Gasteiger partial charge in [-0.2, -0.15) is 0 Å². The number of amides is 2. The van der Waals surface area contributed by atoms with E-state index in [2.05, 4.69) is 5.32 Å². The van der Waals surface area contributed by atoms with Gasteiger partial charge in [-0.05, 0) is 18.2 Å². The van der Waals surface area contributed by atoms with Crippen molar-refractivity contribution in [2.75, 3.05) is 49.1 Å². The van der Waals surface area contributed by atoms with E-state index in [9.17, 15) is 14.0 Å². The molecule has 130 valence electrons. The van der Waals surface area contributed by atoms with E-state index < -0.39 is 18.9 Å². The molecule has 24 heavy (non-hydrogen) atoms. The third-order valence-corrected chi connectivity index (χ3v) is 4.08. The lowest BCUT2D eigenvalue weighted by molar-refractivity contribution is -0.120. The van der Waals surface area contributed by atoms with Crippen LogP contribution in [0.5, 0.6) is 0 Å². The number of hydrogen-bond acceptors (Lipinski definition) is 4. The molecule has 3 rings (SSSR count). The number of morpholine rings is 1. The zero-order chi connectivity index (χ0) is 20.7. The molecule has 1 atom stereocenters. The first-order chi connectivity index (χ1) is 13.0. The number of nitrogens with one attached hydrogen (secondary N) is 1. The summed E-state index contributed by atoms with van der Waals surface area (Å²) in [6.07, 6.45) is 0.257. The third kappa shape index (κ3) is 3.67. The number of halogens is 1. The van der Waals surface area contributed by atoms with Gasteiger partial charge >= 0.3 is 0 Å². The Hall–Kier alpha value is -2.15. The predicted octanol–water partition coefficient (Wildman–Crippen LogP) is 1.15. The average molecular weight is 339 g/mol. The molecule has 2 heterocycles. The number of nitrogens with zero attached hydrogens (tertiary/aromatic N) is 2. The van der Waals surface area contributed by atoms with Crippen molar-refractivity contribution in [2.45, 2.75) is 13.3 Å². The maximum atomic E-state index is 14.7. The molecule has 1 aromatic rings. The first kappa shape index (κ1) is 12.2. The second kappa shape index (κ2) is 7.17. The van der Waals surface area contributed by atoms with Gasteiger partial charge in [0.05, 0.1) is 24.3 Å². The van der Waals surface area contributed by atoms with E-state index in [-0.39, 0.29) is 42.9 Å². The van der Waals surface area contributed by atoms with E-state index in [4.69, 9.17) is 10.2 Å². The van der Waals surface area contributed by atoms with Gasteiger partial charge in [0.1, 0.15) is 5.82 Å². The molecule has 2 aliphatic rings. The Morgan fingerprint density at radius 2 is 2.21 bits per heavy atom. The van der Waals surface area contributed by atoms with Crippen LogP contribution < -0.4 is 15.1 Å². The van der Waals surface area contributed by atoms with Crippen LogP contribution in [-0.4, -0.2) is 51.1 Å². The molecule has 6 nitrogen and oxygen atoms in total. The summed E-state index contributed by atoms with van der Waals surface area (Å²) in [4.78, 5) is 26.0. The molecule has 2 fully saturated rings. The van der Waals surface area contributed by atoms with Gasteiger partial charge in [0.15, 0.2) is 0 Å². The van der Waals surface area contributed by atoms with E-state index in [1.54, 1.807) is 6.07 Å². The summed E-state index contributed by atoms with van der Waals surface area (Å²) in [5, 5.41) is 2.68. The van der Waals surface area contributed by atoms with E-state index in [1.165, 1.54) is 28.9 Å². The first-order valence-electron chi connectivity index (χ1n) is 9.75. The van der Waals surface area contributed by atoms with Crippen molar-refractivity contribution in [3.8, 4) is 0 Å². The highest BCUT2D eigenvalue weighted by Crippen LogP contribution is 2.29. The lowest BCUT2D eigenvalue weighted by Crippen LogP contribution is -2.36. The monoisotopic (exact) mass is 339 g/mol. The molecule has 0 radical (unpaired) electrons. The maximum Gasteiger partial charge on any atom is 0.227 e. The van der Waals surface area contributed by atoms with Crippen molar-refractivity contribution in [3.63, 3.8) is 0 Å². The molecule has 1 aromatic carbocycles. The van der Waals surface area contributed by atoms with Gasteiger partial charge in [0, 0.05) is 51.1 Å². The van der Waals surface area contributed by atoms with E-state index in [0.717, 1.165) is 0 Å². The minimum Gasteiger partial charge on any atom is -0.378 e. The van der Waals surface area contributed by atoms with Gasteiger partial charge in [0.25, 0.3) is 0 Å². The SMILES string of the molecule is [2H]C1([2H])CN(c2ccc(N3CC(CNC(C)=O)CC3=O)cc2F)CC([2H])([2H])O1. The minimum absolute atomic E-state index is 0.0428. The molecule has 0 bridgehead atoms. The lowest BCUT2D eigenvalue weighted by atomic mass is 10.1. The van der Waals surface area contributed by atoms with Crippen molar-refractivity contribution in [2.24, 2.45) is 5.92 Å². The summed E-state index contributed by atoms with van der Waals surface area (Å²) in [6, 6.07) is 4.16. The molecule has 1 N–H and O–H groups in total. The maximum absolute atomic E-state index is 14.7. The van der Waals surface area contributed by atoms with Crippen LogP contribution in [0, 0.1) is 11.7 Å². The number of hydrogen-bond donors (Lipinski definition) is 1. The molecule has 0 spiro atoms. The number of ether oxygens (including phenoxy) is 1. The van der Waals surface area contributed by atoms with Crippen molar-refractivity contribution in [1.82, 2.24) is 5.32 Å². The van der Waals surface area contributed by atoms with E-state index in [0.29, 0.717) is 18.8 Å². The van der Waals surface area contributed by atoms with Crippen molar-refractivity contribution in [3.05, 3.63) is 24.0 Å². The Morgan fingerprint density at radius 1 is 1.46 bits per heavy atom. The fourth-order valence-corrected chi connectivity index (χ4v) is 2.87. The number of benzene rings is 1. The zero-order valence-corrected chi connectivity index (χ0v) is 13.3. The summed E-state index contributed by atoms with van der Waals surface area (Å²) in [5.41, 5.74) is 0.414. The Kier molecular flexibility index (Phi) is 3.66. The lowest BCUT2D eigenvalue weighted by Gasteiger charge is -2.29. The molecule has 7 heteroatoms. The summed E-state index contributed by atoms with van der Waals surface area (Å²) >= 11 is 0. The molecule has 2 aliphatic heterocycles. The van der Waals surface area contributed by atoms with Gasteiger partial charge in [-0.1, -0.05) is 0 Å². The van der Waals surface area contributed by atoms with Crippen LogP contribution in [0.2, 0.25) is 0 Å². The average Bonchev–Trinajstić information content (AvgIpc) is 2.90. The van der Waals surface area contributed by atoms with Crippen LogP contribution in [-0.2, 0) is 14.3 Å². The molecular formula is C17H22FN3O3. The molecule has 1 unspecified atom stereocenters. The highest BCUT2D eigenvalue weighted by molar-refractivity contribution is 5.96. The van der Waals surface area contributed by atoms with Crippen LogP contribution >= 0.6 is 0 Å². The van der Waals surface area contributed by atoms with Crippen LogP contribution in [0.25, 0.3) is 0 Å². The number of anilines is 2. The molecule has 0 aromatic heterocycles. The highest BCUT2D eigenvalue weighted by atomic mass is 19.1. The summed E-state index contributed by atoms with van der Waals surface area (Å²) in [7, 11) is 0. The molecule has 2 saturated heterocycles. The summed E-state index contributed by atoms with van der Waals surface area (Å²) in [5.74, 6) is -1.07. The predicted molar refractivity (Wildman–Crippen MR) is 88.6 cm³/mol. The van der Waals surface area contributed by atoms with Crippen molar-refractivity contribution < 1.29 is 24.2 Å². The number of rotatable bonds is 4. The quantitative estimate of drug-likeness (QED) is 0.894. The van der Waals surface area contributed by atoms with Crippen LogP contribution in [0.3, 0.4) is 0 Å². The topological polar surface area (TPSA) is 61.9 Å². The van der Waals surface area contributed by atoms with Gasteiger partial charge in [-0.15, -0.1) is 0 Å². The second-order valence-electron chi connectivity index (χ2n) is 5.89. The molecular weight excluding hydrogens is 313 g/mol. The summed E-state index contributed by atoms with van der Waals surface area (Å²) in [6.45, 7) is -3.01. The first-order valence-corrected chi connectivity index (χ1v) is 7.75. The largest absolute Gasteiger partial charge is 0.378 e. The smallest absolute Gasteiger partial charge is 0.227 e. The normalized spacial score (nSPS) is 27.9. The number of carbonyl (C=O) groups is 2. The van der Waals surface area contributed by atoms with Crippen LogP contribution in [0.15, 0.2) is 18.2 Å². The molecule has 2 amide bonds. The van der Waals surface area contributed by atoms with E-state index >= 15 is 0 Å². The molecule has 0 saturated carbocycles. The Bertz CT molecular complexity index is 777. The van der Waals surface area contributed by atoms with Crippen LogP contribution in [0.4, 0.5) is 15.8 Å². The van der Waals surface area contributed by atoms with Gasteiger partial charge in [-0.25, -0.2) is 4.39 Å². The number of carbonyl (C=O) groups excluding carboxylic acids is 2. The van der Waals surface area contributed by atoms with Crippen molar-refractivity contribution >= 4 is 23.2 Å². The highest BCUT2D eigenvalue weighted by Gasteiger charge is 2.31. The van der Waals surface area contributed by atoms with Crippen LogP contribution in [0.1, 0.15) is 18.8 Å². The Balaban J connectivity index is 1.76. The Morgan fingerprint density at radius 3 is 2.88 bits per heavy atom. The Labute approximate surface area is 146 Å². The zero-order valence-electron chi connectivity index (χ0n) is 17.3. The standard InChI is InChI=1S/C17H22FN3O3/c1-12(22)19-10-13-8-17(23)21(11-13)14-2-3-16(15(18)9-14)20-4-6-24-7-5-20/h2-3,9,13H,4-8,10-11H2,1H3,(H,19,22)/i6D2,7D2. The molecule has 0 aliphatic carbocycles. The van der Waals surface area contributed by atoms with E-state index in [1.807, 2.05) is 0 Å². The fourth-order valence-electron chi connectivity index (χ4n) is 2.87. The fraction of sp³-hybridized carbons (Fsp3) is 0.529. The van der Waals surface area contributed by atoms with Crippen molar-refractivity contribution in [1.29, 1.82) is 0 Å². The van der Waals surface area contributed by atoms with Gasteiger partial charge in [0.2, 0.25) is 11.8 Å². The third-order valence-electron chi connectivity index (χ3n) is 4.08. The second-order valence-corrected chi connectivity index (χ2v) is 5.89. The van der Waals surface area contributed by atoms with Gasteiger partial charge in [-0.3, -0.25) is 9.59 Å². The van der Waals surface area contributed by atoms with Gasteiger partial charge < -0.3 is 19.9 Å².